The van der Waals surface area contributed by atoms with Gasteiger partial charge in [-0.15, -0.1) is 0 Å². The second-order valence-corrected chi connectivity index (χ2v) is 7.86. The molecule has 0 aliphatic rings. The number of hydrogen-bond donors (Lipinski definition) is 1. The highest BCUT2D eigenvalue weighted by molar-refractivity contribution is 9.10. The van der Waals surface area contributed by atoms with Gasteiger partial charge in [0.05, 0.1) is 6.42 Å². The molecule has 2 aromatic rings. The van der Waals surface area contributed by atoms with Gasteiger partial charge in [0.15, 0.2) is 0 Å². The lowest BCUT2D eigenvalue weighted by Gasteiger charge is -2.30. The number of carbonyl (C=O) groups excluding carboxylic acids is 2. The van der Waals surface area contributed by atoms with E-state index >= 15 is 0 Å². The Balaban J connectivity index is 2.22. The van der Waals surface area contributed by atoms with Gasteiger partial charge < -0.3 is 10.2 Å². The Hall–Kier alpha value is -2.21. The topological polar surface area (TPSA) is 49.4 Å². The van der Waals surface area contributed by atoms with Gasteiger partial charge in [0, 0.05) is 17.1 Å². The molecule has 0 bridgehead atoms. The van der Waals surface area contributed by atoms with Crippen LogP contribution in [0.15, 0.2) is 53.0 Å². The Labute approximate surface area is 174 Å². The van der Waals surface area contributed by atoms with Crippen LogP contribution < -0.4 is 5.32 Å². The number of nitrogens with one attached hydrogen (secondary N) is 1. The maximum Gasteiger partial charge on any atom is 0.242 e. The van der Waals surface area contributed by atoms with Crippen molar-refractivity contribution >= 4 is 27.7 Å². The minimum Gasteiger partial charge on any atom is -0.352 e. The average Bonchev–Trinajstić information content (AvgIpc) is 2.67. The molecule has 0 heterocycles. The molecule has 28 heavy (non-hydrogen) atoms. The van der Waals surface area contributed by atoms with Crippen molar-refractivity contribution in [3.8, 4) is 0 Å². The number of amides is 2. The minimum absolute atomic E-state index is 0.0369. The highest BCUT2D eigenvalue weighted by Gasteiger charge is 2.26. The van der Waals surface area contributed by atoms with E-state index in [1.165, 1.54) is 12.1 Å². The molecule has 150 valence electrons. The molecule has 0 unspecified atom stereocenters. The second kappa shape index (κ2) is 10.4. The average molecular weight is 449 g/mol. The van der Waals surface area contributed by atoms with Crippen molar-refractivity contribution in [2.24, 2.45) is 0 Å². The van der Waals surface area contributed by atoms with Gasteiger partial charge in [0.1, 0.15) is 11.9 Å². The van der Waals surface area contributed by atoms with Gasteiger partial charge >= 0.3 is 0 Å². The zero-order valence-electron chi connectivity index (χ0n) is 16.4. The Kier molecular flexibility index (Phi) is 8.18. The third kappa shape index (κ3) is 6.44. The van der Waals surface area contributed by atoms with E-state index in [4.69, 9.17) is 0 Å². The van der Waals surface area contributed by atoms with E-state index in [0.717, 1.165) is 16.5 Å². The summed E-state index contributed by atoms with van der Waals surface area (Å²) in [6.07, 6.45) is 0.919. The summed E-state index contributed by atoms with van der Waals surface area (Å²) in [5.74, 6) is -0.710. The van der Waals surface area contributed by atoms with E-state index in [0.29, 0.717) is 12.1 Å². The van der Waals surface area contributed by atoms with Gasteiger partial charge in [-0.05, 0) is 55.7 Å². The number of carbonyl (C=O) groups is 2. The summed E-state index contributed by atoms with van der Waals surface area (Å²) in [5.41, 5.74) is 1.63. The Morgan fingerprint density at radius 3 is 2.39 bits per heavy atom. The van der Waals surface area contributed by atoms with E-state index in [9.17, 15) is 14.0 Å². The number of hydrogen-bond acceptors (Lipinski definition) is 2. The van der Waals surface area contributed by atoms with E-state index in [-0.39, 0.29) is 30.1 Å². The lowest BCUT2D eigenvalue weighted by atomic mass is 10.1. The van der Waals surface area contributed by atoms with Crippen LogP contribution in [-0.2, 0) is 22.6 Å². The molecule has 1 N–H and O–H groups in total. The molecule has 0 aromatic heterocycles. The predicted octanol–water partition coefficient (Wildman–Crippen LogP) is 4.46. The van der Waals surface area contributed by atoms with E-state index < -0.39 is 6.04 Å². The molecule has 0 spiro atoms. The van der Waals surface area contributed by atoms with Crippen LogP contribution in [0.2, 0.25) is 0 Å². The Bertz CT molecular complexity index is 810. The van der Waals surface area contributed by atoms with Crippen LogP contribution in [0.25, 0.3) is 0 Å². The van der Waals surface area contributed by atoms with Crippen molar-refractivity contribution in [2.75, 3.05) is 0 Å². The van der Waals surface area contributed by atoms with Crippen LogP contribution in [0.1, 0.15) is 38.3 Å². The number of rotatable bonds is 8. The summed E-state index contributed by atoms with van der Waals surface area (Å²) in [7, 11) is 0. The molecule has 0 aliphatic carbocycles. The van der Waals surface area contributed by atoms with Gasteiger partial charge in [-0.2, -0.15) is 0 Å². The number of nitrogens with zero attached hydrogens (tertiary/aromatic N) is 1. The second-order valence-electron chi connectivity index (χ2n) is 6.95. The summed E-state index contributed by atoms with van der Waals surface area (Å²) in [5, 5.41) is 2.94. The van der Waals surface area contributed by atoms with Crippen LogP contribution in [0, 0.1) is 5.82 Å². The molecule has 0 fully saturated rings. The summed E-state index contributed by atoms with van der Waals surface area (Å²) < 4.78 is 14.1. The smallest absolute Gasteiger partial charge is 0.242 e. The van der Waals surface area contributed by atoms with Crippen molar-refractivity contribution in [1.82, 2.24) is 10.2 Å². The first-order chi connectivity index (χ1) is 13.3. The fraction of sp³-hybridized carbons (Fsp3) is 0.364. The van der Waals surface area contributed by atoms with Crippen molar-refractivity contribution in [3.63, 3.8) is 0 Å². The normalized spacial score (nSPS) is 12.9. The molecule has 0 aliphatic heterocycles. The first kappa shape index (κ1) is 22.1. The molecule has 0 radical (unpaired) electrons. The Morgan fingerprint density at radius 1 is 1.11 bits per heavy atom. The number of benzene rings is 2. The first-order valence-electron chi connectivity index (χ1n) is 9.39. The molecule has 2 rings (SSSR count). The predicted molar refractivity (Wildman–Crippen MR) is 112 cm³/mol. The SMILES string of the molecule is CC[C@@H](C)NC(=O)[C@H](C)N(Cc1cccc(Br)c1)C(=O)Cc1ccc(F)cc1. The number of halogens is 2. The Morgan fingerprint density at radius 2 is 1.79 bits per heavy atom. The van der Waals surface area contributed by atoms with Crippen LogP contribution in [0.3, 0.4) is 0 Å². The van der Waals surface area contributed by atoms with Crippen molar-refractivity contribution in [1.29, 1.82) is 0 Å². The molecular formula is C22H26BrFN2O2. The van der Waals surface area contributed by atoms with Crippen LogP contribution in [0.4, 0.5) is 4.39 Å². The van der Waals surface area contributed by atoms with E-state index in [2.05, 4.69) is 21.2 Å². The highest BCUT2D eigenvalue weighted by Crippen LogP contribution is 2.17. The molecule has 0 saturated carbocycles. The van der Waals surface area contributed by atoms with Crippen molar-refractivity contribution < 1.29 is 14.0 Å². The maximum absolute atomic E-state index is 13.1. The standard InChI is InChI=1S/C22H26BrFN2O2/c1-4-15(2)25-22(28)16(3)26(14-18-6-5-7-19(23)12-18)21(27)13-17-8-10-20(24)11-9-17/h5-12,15-16H,4,13-14H2,1-3H3,(H,25,28)/t15-,16+/m1/s1. The lowest BCUT2D eigenvalue weighted by Crippen LogP contribution is -2.49. The maximum atomic E-state index is 13.1. The van der Waals surface area contributed by atoms with Gasteiger partial charge in [-0.25, -0.2) is 4.39 Å². The van der Waals surface area contributed by atoms with Gasteiger partial charge in [-0.3, -0.25) is 9.59 Å². The van der Waals surface area contributed by atoms with Gasteiger partial charge in [-0.1, -0.05) is 47.1 Å². The summed E-state index contributed by atoms with van der Waals surface area (Å²) in [6, 6.07) is 12.9. The van der Waals surface area contributed by atoms with E-state index in [1.807, 2.05) is 38.1 Å². The zero-order chi connectivity index (χ0) is 20.7. The highest BCUT2D eigenvalue weighted by atomic mass is 79.9. The summed E-state index contributed by atoms with van der Waals surface area (Å²) in [6.45, 7) is 5.98. The summed E-state index contributed by atoms with van der Waals surface area (Å²) in [4.78, 5) is 27.2. The van der Waals surface area contributed by atoms with Crippen molar-refractivity contribution in [2.45, 2.75) is 52.2 Å². The third-order valence-electron chi connectivity index (χ3n) is 4.68. The van der Waals surface area contributed by atoms with E-state index in [1.54, 1.807) is 24.0 Å². The molecular weight excluding hydrogens is 423 g/mol. The fourth-order valence-corrected chi connectivity index (χ4v) is 3.21. The first-order valence-corrected chi connectivity index (χ1v) is 10.2. The van der Waals surface area contributed by atoms with Crippen LogP contribution in [-0.4, -0.2) is 28.8 Å². The quantitative estimate of drug-likeness (QED) is 0.647. The monoisotopic (exact) mass is 448 g/mol. The van der Waals surface area contributed by atoms with Crippen LogP contribution in [0.5, 0.6) is 0 Å². The molecule has 2 amide bonds. The molecule has 4 nitrogen and oxygen atoms in total. The van der Waals surface area contributed by atoms with Gasteiger partial charge in [0.2, 0.25) is 11.8 Å². The molecule has 2 atom stereocenters. The zero-order valence-corrected chi connectivity index (χ0v) is 18.0. The third-order valence-corrected chi connectivity index (χ3v) is 5.17. The summed E-state index contributed by atoms with van der Waals surface area (Å²) >= 11 is 3.44. The fourth-order valence-electron chi connectivity index (χ4n) is 2.76. The molecule has 6 heteroatoms. The lowest BCUT2D eigenvalue weighted by molar-refractivity contribution is -0.140. The van der Waals surface area contributed by atoms with Crippen LogP contribution >= 0.6 is 15.9 Å². The van der Waals surface area contributed by atoms with Gasteiger partial charge in [0.25, 0.3) is 0 Å². The largest absolute Gasteiger partial charge is 0.352 e. The minimum atomic E-state index is -0.624. The molecule has 0 saturated heterocycles. The molecule has 2 aromatic carbocycles. The van der Waals surface area contributed by atoms with Crippen molar-refractivity contribution in [3.05, 3.63) is 69.9 Å².